The van der Waals surface area contributed by atoms with Gasteiger partial charge in [0.25, 0.3) is 11.8 Å². The molecule has 0 aromatic heterocycles. The molecule has 2 aromatic carbocycles. The van der Waals surface area contributed by atoms with Gasteiger partial charge in [-0.3, -0.25) is 9.59 Å². The van der Waals surface area contributed by atoms with E-state index in [1.807, 2.05) is 0 Å². The average molecular weight is 392 g/mol. The van der Waals surface area contributed by atoms with Crippen molar-refractivity contribution in [3.05, 3.63) is 65.2 Å². The van der Waals surface area contributed by atoms with Crippen molar-refractivity contribution in [2.75, 3.05) is 11.9 Å². The lowest BCUT2D eigenvalue weighted by molar-refractivity contribution is -0.176. The minimum atomic E-state index is -4.37. The molecule has 0 unspecified atom stereocenters. The van der Waals surface area contributed by atoms with E-state index >= 15 is 0 Å². The average Bonchev–Trinajstić information content (AvgIpc) is 3.45. The summed E-state index contributed by atoms with van der Waals surface area (Å²) in [4.78, 5) is 24.4. The summed E-state index contributed by atoms with van der Waals surface area (Å²) in [7, 11) is 0. The predicted molar refractivity (Wildman–Crippen MR) is 97.0 cm³/mol. The van der Waals surface area contributed by atoms with Crippen molar-refractivity contribution in [1.29, 1.82) is 0 Å². The minimum Gasteiger partial charge on any atom is -0.367 e. The van der Waals surface area contributed by atoms with Crippen LogP contribution in [0, 0.1) is 0 Å². The number of ether oxygens (including phenoxy) is 1. The second-order valence-corrected chi connectivity index (χ2v) is 6.59. The Hall–Kier alpha value is -2.87. The molecule has 5 nitrogen and oxygen atoms in total. The molecule has 2 amide bonds. The Labute approximate surface area is 159 Å². The van der Waals surface area contributed by atoms with E-state index < -0.39 is 12.8 Å². The first-order valence-corrected chi connectivity index (χ1v) is 8.76. The Morgan fingerprint density at radius 1 is 1.00 bits per heavy atom. The van der Waals surface area contributed by atoms with Crippen molar-refractivity contribution in [2.45, 2.75) is 31.7 Å². The number of amides is 2. The Bertz CT molecular complexity index is 847. The first-order valence-electron chi connectivity index (χ1n) is 8.76. The highest BCUT2D eigenvalue weighted by Gasteiger charge is 2.27. The Kier molecular flexibility index (Phi) is 5.99. The second kappa shape index (κ2) is 8.43. The summed E-state index contributed by atoms with van der Waals surface area (Å²) in [6.07, 6.45) is -2.40. The molecule has 2 aromatic rings. The zero-order valence-corrected chi connectivity index (χ0v) is 14.9. The first kappa shape index (κ1) is 19.9. The standard InChI is InChI=1S/C20H19F3N2O3/c21-20(22,23)12-28-11-13-4-6-14(7-5-13)18(26)25-17-3-1-2-15(10-17)19(27)24-16-8-9-16/h1-7,10,16H,8-9,11-12H2,(H,24,27)(H,25,26). The van der Waals surface area contributed by atoms with E-state index in [0.717, 1.165) is 12.8 Å². The molecule has 1 fully saturated rings. The van der Waals surface area contributed by atoms with E-state index in [-0.39, 0.29) is 24.5 Å². The number of hydrogen-bond donors (Lipinski definition) is 2. The highest BCUT2D eigenvalue weighted by Crippen LogP contribution is 2.20. The summed E-state index contributed by atoms with van der Waals surface area (Å²) in [5, 5.41) is 5.59. The topological polar surface area (TPSA) is 67.4 Å². The number of rotatable bonds is 7. The summed E-state index contributed by atoms with van der Waals surface area (Å²) < 4.78 is 40.8. The van der Waals surface area contributed by atoms with Gasteiger partial charge in [-0.05, 0) is 48.7 Å². The van der Waals surface area contributed by atoms with Gasteiger partial charge in [0.1, 0.15) is 6.61 Å². The number of carbonyl (C=O) groups excluding carboxylic acids is 2. The van der Waals surface area contributed by atoms with Crippen LogP contribution in [0.15, 0.2) is 48.5 Å². The number of benzene rings is 2. The molecule has 28 heavy (non-hydrogen) atoms. The van der Waals surface area contributed by atoms with Crippen molar-refractivity contribution in [3.63, 3.8) is 0 Å². The van der Waals surface area contributed by atoms with E-state index in [0.29, 0.717) is 22.4 Å². The van der Waals surface area contributed by atoms with Crippen LogP contribution in [-0.2, 0) is 11.3 Å². The maximum Gasteiger partial charge on any atom is 0.411 e. The third-order valence-corrected chi connectivity index (χ3v) is 4.05. The van der Waals surface area contributed by atoms with E-state index in [1.54, 1.807) is 24.3 Å². The Morgan fingerprint density at radius 2 is 1.71 bits per heavy atom. The van der Waals surface area contributed by atoms with Crippen LogP contribution in [0.4, 0.5) is 18.9 Å². The third-order valence-electron chi connectivity index (χ3n) is 4.05. The fraction of sp³-hybridized carbons (Fsp3) is 0.300. The summed E-state index contributed by atoms with van der Waals surface area (Å²) >= 11 is 0. The lowest BCUT2D eigenvalue weighted by Crippen LogP contribution is -2.25. The smallest absolute Gasteiger partial charge is 0.367 e. The summed E-state index contributed by atoms with van der Waals surface area (Å²) in [5.41, 5.74) is 1.81. The van der Waals surface area contributed by atoms with E-state index in [2.05, 4.69) is 15.4 Å². The molecule has 148 valence electrons. The maximum atomic E-state index is 12.3. The van der Waals surface area contributed by atoms with Crippen LogP contribution in [0.3, 0.4) is 0 Å². The van der Waals surface area contributed by atoms with Gasteiger partial charge in [-0.15, -0.1) is 0 Å². The van der Waals surface area contributed by atoms with Gasteiger partial charge >= 0.3 is 6.18 Å². The number of halogens is 3. The normalized spacial score (nSPS) is 13.8. The molecule has 0 spiro atoms. The monoisotopic (exact) mass is 392 g/mol. The molecule has 8 heteroatoms. The zero-order valence-electron chi connectivity index (χ0n) is 14.9. The fourth-order valence-electron chi connectivity index (χ4n) is 2.47. The summed E-state index contributed by atoms with van der Waals surface area (Å²) in [5.74, 6) is -0.565. The van der Waals surface area contributed by atoms with Gasteiger partial charge in [0, 0.05) is 22.9 Å². The van der Waals surface area contributed by atoms with Crippen LogP contribution >= 0.6 is 0 Å². The molecule has 1 aliphatic carbocycles. The lowest BCUT2D eigenvalue weighted by Gasteiger charge is -2.09. The number of nitrogens with one attached hydrogen (secondary N) is 2. The Morgan fingerprint density at radius 3 is 2.36 bits per heavy atom. The number of anilines is 1. The highest BCUT2D eigenvalue weighted by molar-refractivity contribution is 6.05. The van der Waals surface area contributed by atoms with Gasteiger partial charge in [-0.25, -0.2) is 0 Å². The molecular formula is C20H19F3N2O3. The molecule has 2 N–H and O–H groups in total. The summed E-state index contributed by atoms with van der Waals surface area (Å²) in [6, 6.07) is 12.9. The van der Waals surface area contributed by atoms with Crippen molar-refractivity contribution >= 4 is 17.5 Å². The molecule has 0 radical (unpaired) electrons. The molecule has 0 atom stereocenters. The van der Waals surface area contributed by atoms with Gasteiger partial charge in [-0.1, -0.05) is 18.2 Å². The van der Waals surface area contributed by atoms with Crippen LogP contribution < -0.4 is 10.6 Å². The molecular weight excluding hydrogens is 373 g/mol. The van der Waals surface area contributed by atoms with Gasteiger partial charge in [0.05, 0.1) is 6.61 Å². The van der Waals surface area contributed by atoms with Gasteiger partial charge < -0.3 is 15.4 Å². The first-order chi connectivity index (χ1) is 13.3. The molecule has 0 heterocycles. The van der Waals surface area contributed by atoms with Crippen LogP contribution in [-0.4, -0.2) is 30.6 Å². The largest absolute Gasteiger partial charge is 0.411 e. The minimum absolute atomic E-state index is 0.179. The molecule has 1 aliphatic rings. The number of alkyl halides is 3. The van der Waals surface area contributed by atoms with Gasteiger partial charge in [0.15, 0.2) is 0 Å². The van der Waals surface area contributed by atoms with Gasteiger partial charge in [0.2, 0.25) is 0 Å². The zero-order chi connectivity index (χ0) is 20.1. The number of hydrogen-bond acceptors (Lipinski definition) is 3. The second-order valence-electron chi connectivity index (χ2n) is 6.59. The SMILES string of the molecule is O=C(Nc1cccc(C(=O)NC2CC2)c1)c1ccc(COCC(F)(F)F)cc1. The lowest BCUT2D eigenvalue weighted by atomic mass is 10.1. The quantitative estimate of drug-likeness (QED) is 0.751. The van der Waals surface area contributed by atoms with Crippen molar-refractivity contribution in [1.82, 2.24) is 5.32 Å². The molecule has 0 saturated heterocycles. The molecule has 0 bridgehead atoms. The van der Waals surface area contributed by atoms with Crippen LogP contribution in [0.5, 0.6) is 0 Å². The van der Waals surface area contributed by atoms with Crippen molar-refractivity contribution in [3.8, 4) is 0 Å². The molecule has 1 saturated carbocycles. The highest BCUT2D eigenvalue weighted by atomic mass is 19.4. The predicted octanol–water partition coefficient (Wildman–Crippen LogP) is 3.91. The van der Waals surface area contributed by atoms with Crippen LogP contribution in [0.25, 0.3) is 0 Å². The van der Waals surface area contributed by atoms with E-state index in [9.17, 15) is 22.8 Å². The summed E-state index contributed by atoms with van der Waals surface area (Å²) in [6.45, 7) is -1.51. The van der Waals surface area contributed by atoms with E-state index in [1.165, 1.54) is 24.3 Å². The van der Waals surface area contributed by atoms with Crippen molar-refractivity contribution < 1.29 is 27.5 Å². The molecule has 3 rings (SSSR count). The molecule has 0 aliphatic heterocycles. The third kappa shape index (κ3) is 6.09. The van der Waals surface area contributed by atoms with Crippen molar-refractivity contribution in [2.24, 2.45) is 0 Å². The fourth-order valence-corrected chi connectivity index (χ4v) is 2.47. The number of carbonyl (C=O) groups is 2. The van der Waals surface area contributed by atoms with Gasteiger partial charge in [-0.2, -0.15) is 13.2 Å². The van der Waals surface area contributed by atoms with Crippen LogP contribution in [0.1, 0.15) is 39.1 Å². The van der Waals surface area contributed by atoms with Crippen LogP contribution in [0.2, 0.25) is 0 Å². The van der Waals surface area contributed by atoms with E-state index in [4.69, 9.17) is 0 Å². The Balaban J connectivity index is 1.56. The maximum absolute atomic E-state index is 12.3.